The highest BCUT2D eigenvalue weighted by atomic mass is 32.2. The highest BCUT2D eigenvalue weighted by Crippen LogP contribution is 2.23. The van der Waals surface area contributed by atoms with Crippen LogP contribution < -0.4 is 10.6 Å². The van der Waals surface area contributed by atoms with E-state index in [9.17, 15) is 18.0 Å². The van der Waals surface area contributed by atoms with Gasteiger partial charge in [0.25, 0.3) is 11.8 Å². The Balaban J connectivity index is 1.82. The lowest BCUT2D eigenvalue weighted by Crippen LogP contribution is -2.27. The summed E-state index contributed by atoms with van der Waals surface area (Å²) in [6.45, 7) is 1.01. The Morgan fingerprint density at radius 3 is 2.44 bits per heavy atom. The molecule has 0 atom stereocenters. The number of nitrogens with one attached hydrogen (secondary N) is 2. The van der Waals surface area contributed by atoms with Crippen LogP contribution in [0.1, 0.15) is 33.7 Å². The second-order valence-corrected chi connectivity index (χ2v) is 8.34. The van der Waals surface area contributed by atoms with Crippen LogP contribution >= 0.6 is 0 Å². The van der Waals surface area contributed by atoms with Gasteiger partial charge in [0.05, 0.1) is 0 Å². The van der Waals surface area contributed by atoms with Crippen molar-refractivity contribution in [2.75, 3.05) is 25.5 Å². The summed E-state index contributed by atoms with van der Waals surface area (Å²) < 4.78 is 28.3. The van der Waals surface area contributed by atoms with Gasteiger partial charge >= 0.3 is 0 Å². The van der Waals surface area contributed by atoms with E-state index in [0.717, 1.165) is 12.8 Å². The largest absolute Gasteiger partial charge is 0.355 e. The summed E-state index contributed by atoms with van der Waals surface area (Å²) in [6.07, 6.45) is 3.14. The van der Waals surface area contributed by atoms with Crippen LogP contribution in [0.3, 0.4) is 0 Å². The van der Waals surface area contributed by atoms with Crippen molar-refractivity contribution in [1.82, 2.24) is 14.2 Å². The van der Waals surface area contributed by atoms with E-state index in [0.29, 0.717) is 24.3 Å². The van der Waals surface area contributed by atoms with Crippen LogP contribution in [0.15, 0.2) is 41.4 Å². The fourth-order valence-electron chi connectivity index (χ4n) is 3.06. The predicted octanol–water partition coefficient (Wildman–Crippen LogP) is 1.42. The van der Waals surface area contributed by atoms with Gasteiger partial charge in [0, 0.05) is 44.6 Å². The molecule has 1 aliphatic heterocycles. The fourth-order valence-corrected chi connectivity index (χ4v) is 4.65. The Morgan fingerprint density at radius 2 is 1.78 bits per heavy atom. The number of hydrogen-bond donors (Lipinski definition) is 2. The first kappa shape index (κ1) is 19.1. The van der Waals surface area contributed by atoms with Crippen LogP contribution in [-0.4, -0.2) is 49.2 Å². The minimum Gasteiger partial charge on any atom is -0.355 e. The Morgan fingerprint density at radius 1 is 1.07 bits per heavy atom. The van der Waals surface area contributed by atoms with Gasteiger partial charge in [-0.1, -0.05) is 6.07 Å². The van der Waals surface area contributed by atoms with E-state index in [-0.39, 0.29) is 16.5 Å². The van der Waals surface area contributed by atoms with Gasteiger partial charge in [-0.25, -0.2) is 8.42 Å². The number of rotatable bonds is 5. The fraction of sp³-hybridized carbons (Fsp3) is 0.333. The molecule has 1 saturated heterocycles. The third-order valence-corrected chi connectivity index (χ3v) is 6.39. The summed E-state index contributed by atoms with van der Waals surface area (Å²) in [5, 5.41) is 5.23. The highest BCUT2D eigenvalue weighted by Gasteiger charge is 2.29. The van der Waals surface area contributed by atoms with Crippen LogP contribution in [-0.2, 0) is 17.1 Å². The maximum Gasteiger partial charge on any atom is 0.272 e. The molecule has 0 bridgehead atoms. The molecular weight excluding hydrogens is 368 g/mol. The monoisotopic (exact) mass is 390 g/mol. The quantitative estimate of drug-likeness (QED) is 0.806. The van der Waals surface area contributed by atoms with E-state index in [4.69, 9.17) is 0 Å². The first-order valence-electron chi connectivity index (χ1n) is 8.63. The molecular formula is C18H22N4O4S. The van der Waals surface area contributed by atoms with E-state index in [2.05, 4.69) is 10.6 Å². The lowest BCUT2D eigenvalue weighted by molar-refractivity contribution is 0.0961. The molecule has 0 radical (unpaired) electrons. The van der Waals surface area contributed by atoms with Gasteiger partial charge in [-0.2, -0.15) is 4.31 Å². The Kier molecular flexibility index (Phi) is 5.33. The van der Waals surface area contributed by atoms with Crippen LogP contribution in [0.25, 0.3) is 0 Å². The SMILES string of the molecule is CNC(=O)c1cccc(NC(=O)c2cc(S(=O)(=O)N3CCCC3)cn2C)c1. The molecule has 3 rings (SSSR count). The molecule has 2 amide bonds. The number of amides is 2. The zero-order valence-corrected chi connectivity index (χ0v) is 16.0. The van der Waals surface area contributed by atoms with E-state index in [1.54, 1.807) is 31.3 Å². The predicted molar refractivity (Wildman–Crippen MR) is 101 cm³/mol. The normalized spacial score (nSPS) is 14.9. The van der Waals surface area contributed by atoms with Crippen molar-refractivity contribution in [2.24, 2.45) is 7.05 Å². The van der Waals surface area contributed by atoms with Crippen LogP contribution in [0.2, 0.25) is 0 Å². The van der Waals surface area contributed by atoms with E-state index < -0.39 is 15.9 Å². The number of carbonyl (C=O) groups is 2. The van der Waals surface area contributed by atoms with Crippen molar-refractivity contribution in [3.05, 3.63) is 47.8 Å². The maximum atomic E-state index is 12.7. The average Bonchev–Trinajstić information content (AvgIpc) is 3.31. The molecule has 0 spiro atoms. The number of benzene rings is 1. The second-order valence-electron chi connectivity index (χ2n) is 6.40. The molecule has 2 N–H and O–H groups in total. The molecule has 1 aromatic carbocycles. The summed E-state index contributed by atoms with van der Waals surface area (Å²) in [7, 11) is -0.437. The highest BCUT2D eigenvalue weighted by molar-refractivity contribution is 7.89. The minimum atomic E-state index is -3.59. The lowest BCUT2D eigenvalue weighted by Gasteiger charge is -2.13. The first-order valence-corrected chi connectivity index (χ1v) is 10.1. The van der Waals surface area contributed by atoms with Gasteiger partial charge in [0.2, 0.25) is 10.0 Å². The maximum absolute atomic E-state index is 12.7. The number of sulfonamides is 1. The lowest BCUT2D eigenvalue weighted by atomic mass is 10.2. The van der Waals surface area contributed by atoms with Crippen molar-refractivity contribution in [2.45, 2.75) is 17.7 Å². The Hall–Kier alpha value is -2.65. The van der Waals surface area contributed by atoms with Crippen molar-refractivity contribution < 1.29 is 18.0 Å². The Bertz CT molecular complexity index is 975. The van der Waals surface area contributed by atoms with Gasteiger partial charge in [0.1, 0.15) is 10.6 Å². The second kappa shape index (κ2) is 7.53. The average molecular weight is 390 g/mol. The number of nitrogens with zero attached hydrogens (tertiary/aromatic N) is 2. The molecule has 27 heavy (non-hydrogen) atoms. The topological polar surface area (TPSA) is 101 Å². The number of aryl methyl sites for hydroxylation is 1. The van der Waals surface area contributed by atoms with E-state index in [1.165, 1.54) is 28.2 Å². The van der Waals surface area contributed by atoms with Crippen LogP contribution in [0.4, 0.5) is 5.69 Å². The number of aromatic nitrogens is 1. The van der Waals surface area contributed by atoms with Crippen molar-refractivity contribution in [1.29, 1.82) is 0 Å². The minimum absolute atomic E-state index is 0.108. The van der Waals surface area contributed by atoms with E-state index in [1.807, 2.05) is 0 Å². The molecule has 0 unspecified atom stereocenters. The summed E-state index contributed by atoms with van der Waals surface area (Å²) in [4.78, 5) is 24.4. The van der Waals surface area contributed by atoms with Crippen LogP contribution in [0.5, 0.6) is 0 Å². The molecule has 8 nitrogen and oxygen atoms in total. The summed E-state index contributed by atoms with van der Waals surface area (Å²) in [6, 6.07) is 7.90. The Labute approximate surface area is 158 Å². The summed E-state index contributed by atoms with van der Waals surface area (Å²) in [5.74, 6) is -0.710. The zero-order chi connectivity index (χ0) is 19.6. The van der Waals surface area contributed by atoms with E-state index >= 15 is 0 Å². The molecule has 1 aliphatic rings. The molecule has 0 saturated carbocycles. The molecule has 144 valence electrons. The van der Waals surface area contributed by atoms with Gasteiger partial charge in [-0.3, -0.25) is 9.59 Å². The number of carbonyl (C=O) groups excluding carboxylic acids is 2. The van der Waals surface area contributed by atoms with Gasteiger partial charge in [-0.05, 0) is 37.1 Å². The smallest absolute Gasteiger partial charge is 0.272 e. The third kappa shape index (κ3) is 3.88. The summed E-state index contributed by atoms with van der Waals surface area (Å²) >= 11 is 0. The third-order valence-electron chi connectivity index (χ3n) is 4.52. The van der Waals surface area contributed by atoms with Gasteiger partial charge in [-0.15, -0.1) is 0 Å². The van der Waals surface area contributed by atoms with Crippen LogP contribution in [0, 0.1) is 0 Å². The zero-order valence-electron chi connectivity index (χ0n) is 15.2. The van der Waals surface area contributed by atoms with Gasteiger partial charge < -0.3 is 15.2 Å². The van der Waals surface area contributed by atoms with Crippen molar-refractivity contribution in [3.63, 3.8) is 0 Å². The molecule has 1 fully saturated rings. The molecule has 0 aliphatic carbocycles. The number of hydrogen-bond acceptors (Lipinski definition) is 4. The standard InChI is InChI=1S/C18H22N4O4S/c1-19-17(23)13-6-5-7-14(10-13)20-18(24)16-11-15(12-21(16)2)27(25,26)22-8-3-4-9-22/h5-7,10-12H,3-4,8-9H2,1-2H3,(H,19,23)(H,20,24). The van der Waals surface area contributed by atoms with Crippen molar-refractivity contribution >= 4 is 27.5 Å². The van der Waals surface area contributed by atoms with Gasteiger partial charge in [0.15, 0.2) is 0 Å². The molecule has 1 aromatic heterocycles. The molecule has 2 heterocycles. The first-order chi connectivity index (χ1) is 12.8. The molecule has 9 heteroatoms. The van der Waals surface area contributed by atoms with Crippen molar-refractivity contribution in [3.8, 4) is 0 Å². The number of anilines is 1. The summed E-state index contributed by atoms with van der Waals surface area (Å²) in [5.41, 5.74) is 1.09. The molecule has 2 aromatic rings.